The third-order valence-corrected chi connectivity index (χ3v) is 3.41. The highest BCUT2D eigenvalue weighted by atomic mass is 35.5. The molecule has 0 aliphatic heterocycles. The smallest absolute Gasteiger partial charge is 0.266 e. The van der Waals surface area contributed by atoms with Gasteiger partial charge in [0.15, 0.2) is 0 Å². The molecule has 0 radical (unpaired) electrons. The number of amides is 1. The quantitative estimate of drug-likeness (QED) is 0.432. The van der Waals surface area contributed by atoms with Gasteiger partial charge in [0.05, 0.1) is 5.56 Å². The third kappa shape index (κ3) is 2.27. The lowest BCUT2D eigenvalue weighted by atomic mass is 10.1. The Morgan fingerprint density at radius 2 is 1.80 bits per heavy atom. The lowest BCUT2D eigenvalue weighted by Crippen LogP contribution is -2.30. The summed E-state index contributed by atoms with van der Waals surface area (Å²) in [7, 11) is 0. The fourth-order valence-electron chi connectivity index (χ4n) is 2.13. The second-order valence-electron chi connectivity index (χ2n) is 4.46. The number of benzene rings is 1. The van der Waals surface area contributed by atoms with Crippen molar-refractivity contribution in [1.29, 1.82) is 0 Å². The van der Waals surface area contributed by atoms with Gasteiger partial charge < -0.3 is 4.40 Å². The van der Waals surface area contributed by atoms with Crippen LogP contribution in [0.2, 0.25) is 5.02 Å². The van der Waals surface area contributed by atoms with Crippen LogP contribution in [-0.4, -0.2) is 10.3 Å². The molecule has 4 nitrogen and oxygen atoms in total. The van der Waals surface area contributed by atoms with E-state index in [1.165, 1.54) is 0 Å². The standard InChI is InChI=1S/C15H12ClN3O/c16-13-4-1-10(2-5-13)12-7-14-6-3-11(15(20)18-17)8-19(14)9-12/h1-9H,17H2,(H,18,20). The molecular formula is C15H12ClN3O. The number of nitrogens with two attached hydrogens (primary N) is 1. The van der Waals surface area contributed by atoms with Gasteiger partial charge in [-0.2, -0.15) is 0 Å². The van der Waals surface area contributed by atoms with Crippen molar-refractivity contribution in [2.24, 2.45) is 5.84 Å². The molecule has 3 N–H and O–H groups in total. The van der Waals surface area contributed by atoms with E-state index in [-0.39, 0.29) is 5.91 Å². The lowest BCUT2D eigenvalue weighted by molar-refractivity contribution is 0.0953. The molecule has 0 atom stereocenters. The van der Waals surface area contributed by atoms with Crippen molar-refractivity contribution in [2.75, 3.05) is 0 Å². The molecule has 0 unspecified atom stereocenters. The van der Waals surface area contributed by atoms with Crippen molar-refractivity contribution in [1.82, 2.24) is 9.83 Å². The molecule has 0 saturated heterocycles. The Hall–Kier alpha value is -2.30. The van der Waals surface area contributed by atoms with Gasteiger partial charge in [0.2, 0.25) is 0 Å². The highest BCUT2D eigenvalue weighted by Gasteiger charge is 2.07. The lowest BCUT2D eigenvalue weighted by Gasteiger charge is -2.00. The highest BCUT2D eigenvalue weighted by Crippen LogP contribution is 2.24. The first kappa shape index (κ1) is 12.7. The number of nitrogens with zero attached hydrogens (tertiary/aromatic N) is 1. The topological polar surface area (TPSA) is 59.5 Å². The summed E-state index contributed by atoms with van der Waals surface area (Å²) >= 11 is 5.89. The van der Waals surface area contributed by atoms with Gasteiger partial charge in [0.1, 0.15) is 0 Å². The first-order valence-electron chi connectivity index (χ1n) is 6.06. The van der Waals surface area contributed by atoms with Crippen LogP contribution in [0, 0.1) is 0 Å². The average Bonchev–Trinajstić information content (AvgIpc) is 2.90. The number of hydrazine groups is 1. The fraction of sp³-hybridized carbons (Fsp3) is 0. The van der Waals surface area contributed by atoms with E-state index in [1.807, 2.05) is 47.0 Å². The minimum absolute atomic E-state index is 0.311. The van der Waals surface area contributed by atoms with Crippen molar-refractivity contribution in [2.45, 2.75) is 0 Å². The molecular weight excluding hydrogens is 274 g/mol. The maximum atomic E-state index is 11.5. The summed E-state index contributed by atoms with van der Waals surface area (Å²) in [6.45, 7) is 0. The summed E-state index contributed by atoms with van der Waals surface area (Å²) < 4.78 is 1.90. The number of rotatable bonds is 2. The fourth-order valence-corrected chi connectivity index (χ4v) is 2.25. The first-order valence-corrected chi connectivity index (χ1v) is 6.44. The number of aromatic nitrogens is 1. The van der Waals surface area contributed by atoms with Crippen molar-refractivity contribution >= 4 is 23.0 Å². The predicted molar refractivity (Wildman–Crippen MR) is 79.5 cm³/mol. The number of carbonyl (C=O) groups excluding carboxylic acids is 1. The van der Waals surface area contributed by atoms with E-state index in [2.05, 4.69) is 5.43 Å². The minimum Gasteiger partial charge on any atom is -0.322 e. The summed E-state index contributed by atoms with van der Waals surface area (Å²) in [4.78, 5) is 11.5. The van der Waals surface area contributed by atoms with Crippen molar-refractivity contribution in [3.05, 3.63) is 65.4 Å². The molecule has 1 amide bonds. The van der Waals surface area contributed by atoms with E-state index in [0.717, 1.165) is 16.6 Å². The largest absolute Gasteiger partial charge is 0.322 e. The summed E-state index contributed by atoms with van der Waals surface area (Å²) in [5.41, 5.74) is 5.77. The Bertz CT molecular complexity index is 777. The highest BCUT2D eigenvalue weighted by molar-refractivity contribution is 6.30. The molecule has 3 aromatic rings. The van der Waals surface area contributed by atoms with Gasteiger partial charge in [0.25, 0.3) is 5.91 Å². The maximum Gasteiger partial charge on any atom is 0.266 e. The molecule has 5 heteroatoms. The van der Waals surface area contributed by atoms with Crippen molar-refractivity contribution in [3.63, 3.8) is 0 Å². The van der Waals surface area contributed by atoms with Crippen LogP contribution in [0.1, 0.15) is 10.4 Å². The van der Waals surface area contributed by atoms with E-state index in [0.29, 0.717) is 10.6 Å². The molecule has 0 spiro atoms. The summed E-state index contributed by atoms with van der Waals surface area (Å²) in [6.07, 6.45) is 3.71. The molecule has 0 fully saturated rings. The number of hydrogen-bond donors (Lipinski definition) is 2. The summed E-state index contributed by atoms with van der Waals surface area (Å²) in [5.74, 6) is 4.83. The zero-order valence-electron chi connectivity index (χ0n) is 10.5. The Morgan fingerprint density at radius 3 is 2.50 bits per heavy atom. The van der Waals surface area contributed by atoms with Crippen LogP contribution < -0.4 is 11.3 Å². The average molecular weight is 286 g/mol. The van der Waals surface area contributed by atoms with Gasteiger partial charge in [-0.25, -0.2) is 5.84 Å². The van der Waals surface area contributed by atoms with Gasteiger partial charge in [0, 0.05) is 28.5 Å². The monoisotopic (exact) mass is 285 g/mol. The Labute approximate surface area is 120 Å². The van der Waals surface area contributed by atoms with Gasteiger partial charge in [-0.05, 0) is 35.9 Å². The van der Waals surface area contributed by atoms with Crippen molar-refractivity contribution in [3.8, 4) is 11.1 Å². The number of halogens is 1. The van der Waals surface area contributed by atoms with Gasteiger partial charge >= 0.3 is 0 Å². The van der Waals surface area contributed by atoms with Crippen LogP contribution in [0.25, 0.3) is 16.6 Å². The van der Waals surface area contributed by atoms with Crippen LogP contribution >= 0.6 is 11.6 Å². The summed E-state index contributed by atoms with van der Waals surface area (Å²) in [6, 6.07) is 13.3. The Morgan fingerprint density at radius 1 is 1.05 bits per heavy atom. The molecule has 100 valence electrons. The molecule has 1 aromatic carbocycles. The van der Waals surface area contributed by atoms with Gasteiger partial charge in [-0.3, -0.25) is 10.2 Å². The van der Waals surface area contributed by atoms with E-state index >= 15 is 0 Å². The second kappa shape index (κ2) is 5.00. The number of hydrogen-bond acceptors (Lipinski definition) is 2. The normalized spacial score (nSPS) is 10.7. The molecule has 2 heterocycles. The molecule has 0 saturated carbocycles. The number of fused-ring (bicyclic) bond motifs is 1. The van der Waals surface area contributed by atoms with Crippen LogP contribution in [0.15, 0.2) is 54.9 Å². The molecule has 0 aliphatic rings. The van der Waals surface area contributed by atoms with E-state index < -0.39 is 0 Å². The molecule has 20 heavy (non-hydrogen) atoms. The van der Waals surface area contributed by atoms with Crippen molar-refractivity contribution < 1.29 is 4.79 Å². The zero-order valence-corrected chi connectivity index (χ0v) is 11.3. The molecule has 0 aliphatic carbocycles. The van der Waals surface area contributed by atoms with Crippen LogP contribution in [0.4, 0.5) is 0 Å². The number of nitrogens with one attached hydrogen (secondary N) is 1. The zero-order chi connectivity index (χ0) is 14.1. The Kier molecular flexibility index (Phi) is 3.18. The summed E-state index contributed by atoms with van der Waals surface area (Å²) in [5, 5.41) is 0.708. The van der Waals surface area contributed by atoms with Gasteiger partial charge in [-0.15, -0.1) is 0 Å². The van der Waals surface area contributed by atoms with Crippen LogP contribution in [-0.2, 0) is 0 Å². The minimum atomic E-state index is -0.311. The number of nitrogen functional groups attached to an aromatic ring is 1. The molecule has 2 aromatic heterocycles. The first-order chi connectivity index (χ1) is 9.67. The SMILES string of the molecule is NNC(=O)c1ccc2cc(-c3ccc(Cl)cc3)cn2c1. The third-order valence-electron chi connectivity index (χ3n) is 3.16. The second-order valence-corrected chi connectivity index (χ2v) is 4.90. The number of carbonyl (C=O) groups is 1. The van der Waals surface area contributed by atoms with Crippen LogP contribution in [0.5, 0.6) is 0 Å². The van der Waals surface area contributed by atoms with Gasteiger partial charge in [-0.1, -0.05) is 23.7 Å². The number of pyridine rings is 1. The maximum absolute atomic E-state index is 11.5. The van der Waals surface area contributed by atoms with Crippen LogP contribution in [0.3, 0.4) is 0 Å². The predicted octanol–water partition coefficient (Wildman–Crippen LogP) is 2.86. The molecule has 0 bridgehead atoms. The van der Waals surface area contributed by atoms with E-state index in [1.54, 1.807) is 12.3 Å². The molecule has 3 rings (SSSR count). The van der Waals surface area contributed by atoms with E-state index in [9.17, 15) is 4.79 Å². The Balaban J connectivity index is 2.06. The van der Waals surface area contributed by atoms with E-state index in [4.69, 9.17) is 17.4 Å².